The molecule has 0 bridgehead atoms. The predicted octanol–water partition coefficient (Wildman–Crippen LogP) is 18.7. The van der Waals surface area contributed by atoms with Gasteiger partial charge in [-0.25, -0.2) is 0 Å². The number of ether oxygens (including phenoxy) is 7. The molecule has 0 saturated carbocycles. The summed E-state index contributed by atoms with van der Waals surface area (Å²) >= 11 is 0. The van der Waals surface area contributed by atoms with Crippen molar-refractivity contribution in [3.05, 3.63) is 259 Å². The molecule has 4 heterocycles. The molecule has 17 nitrogen and oxygen atoms in total. The lowest BCUT2D eigenvalue weighted by molar-refractivity contribution is 0.0965. The number of benzene rings is 11. The maximum atomic E-state index is 10.3. The minimum absolute atomic E-state index is 0.234. The molecule has 10 N–H and O–H groups in total. The van der Waals surface area contributed by atoms with Crippen molar-refractivity contribution in [3.63, 3.8) is 0 Å². The van der Waals surface area contributed by atoms with E-state index in [-0.39, 0.29) is 19.3 Å². The highest BCUT2D eigenvalue weighted by molar-refractivity contribution is 6.12. The zero-order valence-corrected chi connectivity index (χ0v) is 63.6. The van der Waals surface area contributed by atoms with Crippen LogP contribution in [0.5, 0.6) is 40.2 Å². The van der Waals surface area contributed by atoms with Crippen LogP contribution in [0.25, 0.3) is 87.2 Å². The van der Waals surface area contributed by atoms with E-state index in [4.69, 9.17) is 33.2 Å². The fourth-order valence-electron chi connectivity index (χ4n) is 13.4. The lowest BCUT2D eigenvalue weighted by Gasteiger charge is -2.15. The van der Waals surface area contributed by atoms with Gasteiger partial charge in [0.15, 0.2) is 0 Å². The molecule has 4 unspecified atom stereocenters. The van der Waals surface area contributed by atoms with E-state index >= 15 is 0 Å². The van der Waals surface area contributed by atoms with Gasteiger partial charge in [-0.15, -0.1) is 0 Å². The molecule has 572 valence electrons. The molecular weight excluding hydrogens is 1380 g/mol. The van der Waals surface area contributed by atoms with E-state index in [0.717, 1.165) is 160 Å². The molecule has 0 radical (unpaired) electrons. The zero-order chi connectivity index (χ0) is 76.4. The van der Waals surface area contributed by atoms with Crippen LogP contribution in [0.1, 0.15) is 75.5 Å². The Kier molecular flexibility index (Phi) is 28.5. The first-order chi connectivity index (χ1) is 53.8. The van der Waals surface area contributed by atoms with Crippen molar-refractivity contribution in [2.24, 2.45) is 0 Å². The Morgan fingerprint density at radius 3 is 1.25 bits per heavy atom. The number of fused-ring (bicyclic) bond motifs is 12. The van der Waals surface area contributed by atoms with Crippen molar-refractivity contribution in [1.82, 2.24) is 30.6 Å². The highest BCUT2D eigenvalue weighted by atomic mass is 16.5. The summed E-state index contributed by atoms with van der Waals surface area (Å²) in [7, 11) is 0. The van der Waals surface area contributed by atoms with Crippen LogP contribution >= 0.6 is 0 Å². The summed E-state index contributed by atoms with van der Waals surface area (Å²) in [6, 6.07) is 81.3. The summed E-state index contributed by atoms with van der Waals surface area (Å²) in [5.41, 5.74) is 12.1. The van der Waals surface area contributed by atoms with Crippen LogP contribution in [0.3, 0.4) is 0 Å². The molecule has 0 saturated heterocycles. The van der Waals surface area contributed by atoms with Crippen LogP contribution in [0.4, 0.5) is 0 Å². The molecule has 11 aromatic carbocycles. The van der Waals surface area contributed by atoms with Gasteiger partial charge < -0.3 is 84.2 Å². The van der Waals surface area contributed by atoms with Gasteiger partial charge in [0, 0.05) is 109 Å². The first kappa shape index (κ1) is 78.6. The fraction of sp³-hybridized carbons (Fsp3) is 0.290. The van der Waals surface area contributed by atoms with E-state index in [2.05, 4.69) is 118 Å². The number of aryl methyl sites for hydroxylation is 3. The van der Waals surface area contributed by atoms with Crippen molar-refractivity contribution in [2.45, 2.75) is 110 Å². The predicted molar refractivity (Wildman–Crippen MR) is 448 cm³/mol. The number of aliphatic hydroxyl groups excluding tert-OH is 4. The molecule has 110 heavy (non-hydrogen) atoms. The number of aliphatic hydroxyl groups is 4. The molecular formula is C93H104N6O11. The number of hydrogen-bond donors (Lipinski definition) is 10. The van der Waals surface area contributed by atoms with Gasteiger partial charge in [0.05, 0.1) is 48.6 Å². The third-order valence-electron chi connectivity index (χ3n) is 19.3. The Morgan fingerprint density at radius 1 is 0.300 bits per heavy atom. The maximum absolute atomic E-state index is 10.3. The smallest absolute Gasteiger partial charge is 0.129 e. The Hall–Kier alpha value is -11.0. The summed E-state index contributed by atoms with van der Waals surface area (Å²) in [6.07, 6.45) is 3.81. The summed E-state index contributed by atoms with van der Waals surface area (Å²) in [5, 5.41) is 56.3. The Bertz CT molecular complexity index is 5350. The Labute approximate surface area is 643 Å². The minimum atomic E-state index is -0.591. The molecule has 15 rings (SSSR count). The maximum Gasteiger partial charge on any atom is 0.129 e. The van der Waals surface area contributed by atoms with Gasteiger partial charge in [-0.3, -0.25) is 0 Å². The van der Waals surface area contributed by atoms with Crippen molar-refractivity contribution >= 4 is 87.2 Å². The van der Waals surface area contributed by atoms with Crippen LogP contribution in [-0.4, -0.2) is 137 Å². The van der Waals surface area contributed by atoms with Gasteiger partial charge in [0.2, 0.25) is 0 Å². The van der Waals surface area contributed by atoms with E-state index in [1.54, 1.807) is 0 Å². The van der Waals surface area contributed by atoms with Crippen molar-refractivity contribution in [1.29, 1.82) is 0 Å². The molecule has 0 amide bonds. The molecule has 15 aromatic rings. The van der Waals surface area contributed by atoms with E-state index in [0.29, 0.717) is 71.6 Å². The molecule has 0 spiro atoms. The third-order valence-corrected chi connectivity index (χ3v) is 19.3. The van der Waals surface area contributed by atoms with Crippen LogP contribution in [0.2, 0.25) is 0 Å². The highest BCUT2D eigenvalue weighted by Crippen LogP contribution is 2.36. The molecule has 17 heteroatoms. The van der Waals surface area contributed by atoms with E-state index < -0.39 is 18.3 Å². The first-order valence-electron chi connectivity index (χ1n) is 38.5. The number of nitrogens with one attached hydrogen (secondary N) is 6. The van der Waals surface area contributed by atoms with E-state index in [1.807, 2.05) is 190 Å². The fourth-order valence-corrected chi connectivity index (χ4v) is 13.4. The standard InChI is InChI=1S/C26H29NO3.C25H27NO3.C24H26N2O3.C18H22N2O2/c1-19-9-2-5-14-24(19)29-17-7-6-10-20(28)16-18-30-25-15-8-13-23-26(25)21-11-3-4-12-22(21)27-23;1-18-8-2-5-12-25(18)28-15-7-6-9-19(27)17-29-20-13-14-24-22(16-20)21-10-3-4-11-23(21)26-24;1-17-6-2-5-9-24(17)28-13-12-25-15-18(27)16-29-19-10-11-21-20-7-3-4-8-22(20)26-23(21)14-19;1-12(2)19-10-13(21)11-22-17-9-5-8-16-18(17)14-6-3-4-7-15(14)20-16/h2-5,8-9,11-15,20,27-28H,6-7,10,16-18H2,1H3;2-5,8,10-14,16,19,26-27H,6-7,9,15,17H2,1H3;2-11,14,18,25-27H,12-13,15-16H2,1H3;3-9,12-13,19-21H,10-11H2,1-2H3. The lowest BCUT2D eigenvalue weighted by Crippen LogP contribution is -2.35. The van der Waals surface area contributed by atoms with Gasteiger partial charge in [-0.2, -0.15) is 0 Å². The summed E-state index contributed by atoms with van der Waals surface area (Å²) in [5.74, 6) is 5.96. The second kappa shape index (κ2) is 39.9. The lowest BCUT2D eigenvalue weighted by atomic mass is 10.1. The summed E-state index contributed by atoms with van der Waals surface area (Å²) in [4.78, 5) is 13.6. The van der Waals surface area contributed by atoms with Gasteiger partial charge in [-0.05, 0) is 173 Å². The van der Waals surface area contributed by atoms with E-state index in [1.165, 1.54) is 16.2 Å². The second-order valence-corrected chi connectivity index (χ2v) is 28.2. The molecule has 4 atom stereocenters. The van der Waals surface area contributed by atoms with Gasteiger partial charge in [-0.1, -0.05) is 153 Å². The van der Waals surface area contributed by atoms with Crippen LogP contribution < -0.4 is 43.8 Å². The number of para-hydroxylation sites is 7. The number of H-pyrrole nitrogens is 4. The molecule has 0 aliphatic heterocycles. The zero-order valence-electron chi connectivity index (χ0n) is 63.6. The third kappa shape index (κ3) is 21.9. The summed E-state index contributed by atoms with van der Waals surface area (Å²) in [6.45, 7) is 15.1. The van der Waals surface area contributed by atoms with E-state index in [9.17, 15) is 20.4 Å². The number of unbranched alkanes of at least 4 members (excludes halogenated alkanes) is 2. The largest absolute Gasteiger partial charge is 0.493 e. The average Bonchev–Trinajstić information content (AvgIpc) is 1.65. The van der Waals surface area contributed by atoms with Crippen molar-refractivity contribution in [2.75, 3.05) is 65.9 Å². The molecule has 4 aromatic heterocycles. The molecule has 0 aliphatic carbocycles. The number of aromatic nitrogens is 4. The minimum Gasteiger partial charge on any atom is -0.493 e. The van der Waals surface area contributed by atoms with Crippen LogP contribution in [-0.2, 0) is 0 Å². The van der Waals surface area contributed by atoms with Crippen molar-refractivity contribution in [3.8, 4) is 40.2 Å². The summed E-state index contributed by atoms with van der Waals surface area (Å²) < 4.78 is 40.9. The normalized spacial score (nSPS) is 12.5. The van der Waals surface area contributed by atoms with Gasteiger partial charge >= 0.3 is 0 Å². The SMILES string of the molecule is CC(C)NCC(O)COc1cccc2[nH]c3ccccc3c12.Cc1ccccc1OCCCCC(O)CCOc1cccc2[nH]c3ccccc3c12.Cc1ccccc1OCCCCC(O)COc1ccc2[nH]c3ccccc3c2c1.Cc1ccccc1OCCNCC(O)COc1ccc2c(c1)[nH]c1ccccc12. The monoisotopic (exact) mass is 1480 g/mol. The second-order valence-electron chi connectivity index (χ2n) is 28.2. The van der Waals surface area contributed by atoms with Crippen molar-refractivity contribution < 1.29 is 53.6 Å². The Balaban J connectivity index is 0.000000137. The topological polar surface area (TPSA) is 233 Å². The van der Waals surface area contributed by atoms with Crippen LogP contribution in [0, 0.1) is 20.8 Å². The quantitative estimate of drug-likeness (QED) is 0.0169. The van der Waals surface area contributed by atoms with Gasteiger partial charge in [0.25, 0.3) is 0 Å². The first-order valence-corrected chi connectivity index (χ1v) is 38.5. The number of rotatable bonds is 34. The van der Waals surface area contributed by atoms with Gasteiger partial charge in [0.1, 0.15) is 78.9 Å². The molecule has 0 fully saturated rings. The highest BCUT2D eigenvalue weighted by Gasteiger charge is 2.16. The average molecular weight is 1480 g/mol. The Morgan fingerprint density at radius 2 is 0.691 bits per heavy atom. The molecule has 0 aliphatic rings. The van der Waals surface area contributed by atoms with Crippen LogP contribution in [0.15, 0.2) is 243 Å². The number of aromatic amines is 4. The number of hydrogen-bond acceptors (Lipinski definition) is 13.